The number of anilines is 2. The maximum atomic E-state index is 13.8. The standard InChI is InChI=1S/C30H22F3N3O6S2/c1-41-20-13-15(11-12-19(20)42-14-21(37)34-18-10-6-5-9-17(18)30(31,32)33)22-23-25(43-26-24(22)44-29(40)35-26)28(39)36(27(23)38)16-7-3-2-4-8-16/h2-13,22-23,25H,14H2,1H3,(H,34,37)(H,35,40)/t22-,23?,25?/m1/s1. The molecule has 0 bridgehead atoms. The van der Waals surface area contributed by atoms with Crippen molar-refractivity contribution in [2.45, 2.75) is 22.4 Å². The third-order valence-electron chi connectivity index (χ3n) is 7.25. The number of nitrogens with zero attached hydrogens (tertiary/aromatic N) is 1. The number of amides is 3. The minimum absolute atomic E-state index is 0.124. The van der Waals surface area contributed by atoms with Gasteiger partial charge in [0.05, 0.1) is 35.0 Å². The van der Waals surface area contributed by atoms with E-state index in [1.165, 1.54) is 30.2 Å². The Bertz CT molecular complexity index is 1820. The molecule has 0 radical (unpaired) electrons. The van der Waals surface area contributed by atoms with Crippen LogP contribution in [0, 0.1) is 5.92 Å². The summed E-state index contributed by atoms with van der Waals surface area (Å²) in [6, 6.07) is 17.9. The first-order chi connectivity index (χ1) is 21.1. The number of hydrogen-bond donors (Lipinski definition) is 2. The van der Waals surface area contributed by atoms with E-state index in [-0.39, 0.29) is 22.3 Å². The minimum Gasteiger partial charge on any atom is -0.493 e. The van der Waals surface area contributed by atoms with Crippen LogP contribution in [0.25, 0.3) is 0 Å². The Morgan fingerprint density at radius 3 is 2.43 bits per heavy atom. The molecule has 6 rings (SSSR count). The second-order valence-electron chi connectivity index (χ2n) is 9.89. The average molecular weight is 642 g/mol. The molecule has 0 saturated carbocycles. The maximum Gasteiger partial charge on any atom is 0.418 e. The van der Waals surface area contributed by atoms with Gasteiger partial charge in [-0.2, -0.15) is 13.2 Å². The van der Waals surface area contributed by atoms with Crippen molar-refractivity contribution in [3.63, 3.8) is 0 Å². The Hall–Kier alpha value is -4.56. The highest BCUT2D eigenvalue weighted by molar-refractivity contribution is 8.00. The molecule has 2 aliphatic heterocycles. The van der Waals surface area contributed by atoms with Crippen molar-refractivity contribution >= 4 is 52.2 Å². The van der Waals surface area contributed by atoms with Crippen LogP contribution in [0.4, 0.5) is 24.5 Å². The summed E-state index contributed by atoms with van der Waals surface area (Å²) >= 11 is 2.12. The topological polar surface area (TPSA) is 118 Å². The number of carbonyl (C=O) groups excluding carboxylic acids is 3. The second-order valence-corrected chi connectivity index (χ2v) is 12.1. The summed E-state index contributed by atoms with van der Waals surface area (Å²) in [4.78, 5) is 56.5. The van der Waals surface area contributed by atoms with E-state index in [0.717, 1.165) is 35.2 Å². The van der Waals surface area contributed by atoms with Crippen molar-refractivity contribution < 1.29 is 37.0 Å². The number of fused-ring (bicyclic) bond motifs is 2. The van der Waals surface area contributed by atoms with Crippen molar-refractivity contribution in [3.8, 4) is 11.5 Å². The number of halogens is 3. The number of nitrogens with one attached hydrogen (secondary N) is 2. The molecule has 1 fully saturated rings. The van der Waals surface area contributed by atoms with Gasteiger partial charge in [-0.3, -0.25) is 19.2 Å². The summed E-state index contributed by atoms with van der Waals surface area (Å²) in [5, 5.41) is 1.95. The number of benzene rings is 3. The van der Waals surface area contributed by atoms with Crippen molar-refractivity contribution in [1.29, 1.82) is 0 Å². The molecular weight excluding hydrogens is 619 g/mol. The quantitative estimate of drug-likeness (QED) is 0.264. The van der Waals surface area contributed by atoms with E-state index < -0.39 is 52.9 Å². The Labute approximate surface area is 256 Å². The minimum atomic E-state index is -4.66. The van der Waals surface area contributed by atoms with Crippen molar-refractivity contribution in [2.75, 3.05) is 23.9 Å². The summed E-state index contributed by atoms with van der Waals surface area (Å²) in [6.45, 7) is -0.616. The number of ether oxygens (including phenoxy) is 2. The van der Waals surface area contributed by atoms with E-state index in [0.29, 0.717) is 21.2 Å². The molecule has 9 nitrogen and oxygen atoms in total. The summed E-state index contributed by atoms with van der Waals surface area (Å²) in [5.41, 5.74) is -0.370. The number of H-pyrrole nitrogens is 1. The third kappa shape index (κ3) is 5.35. The van der Waals surface area contributed by atoms with Crippen LogP contribution in [0.1, 0.15) is 21.9 Å². The van der Waals surface area contributed by atoms with Gasteiger partial charge in [-0.05, 0) is 42.0 Å². The van der Waals surface area contributed by atoms with Crippen molar-refractivity contribution in [3.05, 3.63) is 98.5 Å². The fraction of sp³-hybridized carbons (Fsp3) is 0.200. The number of thiazole rings is 1. The molecule has 0 spiro atoms. The predicted molar refractivity (Wildman–Crippen MR) is 157 cm³/mol. The summed E-state index contributed by atoms with van der Waals surface area (Å²) < 4.78 is 51.0. The number of thioether (sulfide) groups is 1. The molecule has 226 valence electrons. The molecule has 2 N–H and O–H groups in total. The molecule has 3 atom stereocenters. The number of hydrogen-bond acceptors (Lipinski definition) is 8. The molecule has 3 amide bonds. The Morgan fingerprint density at radius 1 is 0.977 bits per heavy atom. The number of carbonyl (C=O) groups is 3. The fourth-order valence-corrected chi connectivity index (χ4v) is 7.89. The normalized spacial score (nSPS) is 19.4. The van der Waals surface area contributed by atoms with Gasteiger partial charge in [-0.25, -0.2) is 4.90 Å². The number of aromatic amines is 1. The van der Waals surface area contributed by atoms with E-state index in [9.17, 15) is 32.3 Å². The maximum absolute atomic E-state index is 13.8. The third-order valence-corrected chi connectivity index (χ3v) is 9.65. The van der Waals surface area contributed by atoms with Crippen LogP contribution < -0.4 is 24.6 Å². The van der Waals surface area contributed by atoms with Gasteiger partial charge < -0.3 is 19.8 Å². The molecule has 4 aromatic rings. The van der Waals surface area contributed by atoms with Gasteiger partial charge in [0, 0.05) is 10.8 Å². The lowest BCUT2D eigenvalue weighted by atomic mass is 9.83. The van der Waals surface area contributed by atoms with Crippen molar-refractivity contribution in [1.82, 2.24) is 4.98 Å². The average Bonchev–Trinajstić information content (AvgIpc) is 3.50. The number of alkyl halides is 3. The van der Waals surface area contributed by atoms with Crippen LogP contribution in [0.3, 0.4) is 0 Å². The first-order valence-electron chi connectivity index (χ1n) is 13.2. The SMILES string of the molecule is COc1cc([C@H]2c3sc(=O)[nH]c3SC3C(=O)N(c4ccccc4)C(=O)C32)ccc1OCC(=O)Nc1ccccc1C(F)(F)F. The molecule has 3 aromatic carbocycles. The zero-order valence-corrected chi connectivity index (χ0v) is 24.3. The highest BCUT2D eigenvalue weighted by Crippen LogP contribution is 2.53. The van der Waals surface area contributed by atoms with Gasteiger partial charge >= 0.3 is 11.0 Å². The Morgan fingerprint density at radius 2 is 1.70 bits per heavy atom. The van der Waals surface area contributed by atoms with Crippen LogP contribution >= 0.6 is 23.1 Å². The van der Waals surface area contributed by atoms with Gasteiger partial charge in [0.25, 0.3) is 5.91 Å². The fourth-order valence-electron chi connectivity index (χ4n) is 5.37. The molecule has 3 heterocycles. The molecule has 14 heteroatoms. The molecule has 1 aromatic heterocycles. The lowest BCUT2D eigenvalue weighted by Gasteiger charge is -2.30. The van der Waals surface area contributed by atoms with Crippen LogP contribution in [0.2, 0.25) is 0 Å². The first-order valence-corrected chi connectivity index (χ1v) is 14.9. The Kier molecular flexibility index (Phi) is 7.72. The predicted octanol–water partition coefficient (Wildman–Crippen LogP) is 5.28. The van der Waals surface area contributed by atoms with Gasteiger partial charge in [0.2, 0.25) is 11.8 Å². The Balaban J connectivity index is 1.28. The molecular formula is C30H22F3N3O6S2. The monoisotopic (exact) mass is 641 g/mol. The van der Waals surface area contributed by atoms with Gasteiger partial charge in [-0.15, -0.1) is 0 Å². The number of methoxy groups -OCH3 is 1. The number of imide groups is 1. The summed E-state index contributed by atoms with van der Waals surface area (Å²) in [5.74, 6) is -2.79. The molecule has 2 aliphatic rings. The zero-order chi connectivity index (χ0) is 31.2. The van der Waals surface area contributed by atoms with Crippen LogP contribution in [0.15, 0.2) is 82.6 Å². The molecule has 1 saturated heterocycles. The summed E-state index contributed by atoms with van der Waals surface area (Å²) in [7, 11) is 1.37. The zero-order valence-electron chi connectivity index (χ0n) is 22.7. The van der Waals surface area contributed by atoms with E-state index in [1.54, 1.807) is 42.5 Å². The van der Waals surface area contributed by atoms with Crippen LogP contribution in [-0.4, -0.2) is 41.7 Å². The van der Waals surface area contributed by atoms with E-state index in [2.05, 4.69) is 10.3 Å². The van der Waals surface area contributed by atoms with Crippen LogP contribution in [-0.2, 0) is 20.6 Å². The van der Waals surface area contributed by atoms with Crippen LogP contribution in [0.5, 0.6) is 11.5 Å². The second kappa shape index (κ2) is 11.5. The van der Waals surface area contributed by atoms with E-state index >= 15 is 0 Å². The summed E-state index contributed by atoms with van der Waals surface area (Å²) in [6.07, 6.45) is -4.66. The molecule has 0 aliphatic carbocycles. The highest BCUT2D eigenvalue weighted by Gasteiger charge is 2.56. The van der Waals surface area contributed by atoms with E-state index in [4.69, 9.17) is 9.47 Å². The van der Waals surface area contributed by atoms with Crippen molar-refractivity contribution in [2.24, 2.45) is 5.92 Å². The lowest BCUT2D eigenvalue weighted by molar-refractivity contribution is -0.137. The van der Waals surface area contributed by atoms with Gasteiger partial charge in [0.1, 0.15) is 5.25 Å². The number of rotatable bonds is 7. The molecule has 2 unspecified atom stereocenters. The first kappa shape index (κ1) is 29.5. The number of para-hydroxylation sites is 2. The lowest BCUT2D eigenvalue weighted by Crippen LogP contribution is -2.32. The number of aromatic nitrogens is 1. The highest BCUT2D eigenvalue weighted by atomic mass is 32.2. The van der Waals surface area contributed by atoms with Gasteiger partial charge in [0.15, 0.2) is 18.1 Å². The van der Waals surface area contributed by atoms with Gasteiger partial charge in [-0.1, -0.05) is 59.5 Å². The van der Waals surface area contributed by atoms with E-state index in [1.807, 2.05) is 0 Å². The molecule has 44 heavy (non-hydrogen) atoms. The largest absolute Gasteiger partial charge is 0.493 e. The smallest absolute Gasteiger partial charge is 0.418 e.